The standard InChI is InChI=1S/C28H28N6O3/c1-35-26-10-22-21-9-24(34-28(31)23(21)14-33-25(22)11-27(26)36-2)17-8-20(13-32-12-17)37-15-19(30)7-16-3-5-18(29)6-4-16/h3-6,8-14,19H,7,15,29-30H2,1-2H3,(H2,31,34)/t19-/m0/s1. The van der Waals surface area contributed by atoms with Gasteiger partial charge in [0.15, 0.2) is 11.5 Å². The van der Waals surface area contributed by atoms with Crippen LogP contribution in [0.2, 0.25) is 0 Å². The lowest BCUT2D eigenvalue weighted by molar-refractivity contribution is 0.286. The molecule has 0 spiro atoms. The molecule has 0 amide bonds. The third kappa shape index (κ3) is 5.03. The summed E-state index contributed by atoms with van der Waals surface area (Å²) in [6, 6.07) is 15.1. The highest BCUT2D eigenvalue weighted by Gasteiger charge is 2.14. The summed E-state index contributed by atoms with van der Waals surface area (Å²) >= 11 is 0. The number of hydrogen-bond acceptors (Lipinski definition) is 9. The van der Waals surface area contributed by atoms with E-state index in [0.29, 0.717) is 41.8 Å². The van der Waals surface area contributed by atoms with Crippen LogP contribution >= 0.6 is 0 Å². The first-order valence-electron chi connectivity index (χ1n) is 11.7. The SMILES string of the molecule is COc1cc2ncc3c(N)nc(-c4cncc(OC[C@@H](N)Cc5ccc(N)cc5)c4)cc3c2cc1OC. The summed E-state index contributed by atoms with van der Waals surface area (Å²) in [7, 11) is 3.19. The van der Waals surface area contributed by atoms with Crippen LogP contribution in [0.4, 0.5) is 11.5 Å². The van der Waals surface area contributed by atoms with Crippen molar-refractivity contribution < 1.29 is 14.2 Å². The van der Waals surface area contributed by atoms with Gasteiger partial charge >= 0.3 is 0 Å². The average Bonchev–Trinajstić information content (AvgIpc) is 2.92. The van der Waals surface area contributed by atoms with E-state index in [1.54, 1.807) is 32.8 Å². The minimum atomic E-state index is -0.187. The molecule has 188 valence electrons. The molecule has 0 fully saturated rings. The number of nitrogen functional groups attached to an aromatic ring is 2. The topological polar surface area (TPSA) is 144 Å². The number of nitrogens with zero attached hydrogens (tertiary/aromatic N) is 3. The Labute approximate surface area is 214 Å². The largest absolute Gasteiger partial charge is 0.493 e. The number of pyridine rings is 3. The summed E-state index contributed by atoms with van der Waals surface area (Å²) in [6.45, 7) is 0.334. The van der Waals surface area contributed by atoms with Gasteiger partial charge in [0.1, 0.15) is 18.2 Å². The van der Waals surface area contributed by atoms with Gasteiger partial charge in [0.25, 0.3) is 0 Å². The number of nitrogens with two attached hydrogens (primary N) is 3. The second-order valence-corrected chi connectivity index (χ2v) is 8.76. The monoisotopic (exact) mass is 496 g/mol. The van der Waals surface area contributed by atoms with E-state index >= 15 is 0 Å². The Hall–Kier alpha value is -4.63. The van der Waals surface area contributed by atoms with E-state index < -0.39 is 0 Å². The molecule has 0 bridgehead atoms. The van der Waals surface area contributed by atoms with Gasteiger partial charge in [-0.05, 0) is 47.7 Å². The highest BCUT2D eigenvalue weighted by molar-refractivity contribution is 6.10. The average molecular weight is 497 g/mol. The molecule has 0 saturated carbocycles. The van der Waals surface area contributed by atoms with Crippen LogP contribution in [-0.4, -0.2) is 41.8 Å². The molecule has 0 aliphatic carbocycles. The fourth-order valence-corrected chi connectivity index (χ4v) is 4.26. The van der Waals surface area contributed by atoms with Crippen molar-refractivity contribution in [1.82, 2.24) is 15.0 Å². The van der Waals surface area contributed by atoms with Crippen LogP contribution in [0, 0.1) is 0 Å². The zero-order valence-electron chi connectivity index (χ0n) is 20.6. The minimum absolute atomic E-state index is 0.187. The molecule has 37 heavy (non-hydrogen) atoms. The van der Waals surface area contributed by atoms with E-state index in [-0.39, 0.29) is 6.04 Å². The summed E-state index contributed by atoms with van der Waals surface area (Å²) in [5.41, 5.74) is 22.4. The molecule has 9 nitrogen and oxygen atoms in total. The maximum Gasteiger partial charge on any atom is 0.162 e. The van der Waals surface area contributed by atoms with Crippen molar-refractivity contribution in [2.45, 2.75) is 12.5 Å². The van der Waals surface area contributed by atoms with Gasteiger partial charge in [-0.1, -0.05) is 12.1 Å². The van der Waals surface area contributed by atoms with Crippen molar-refractivity contribution in [2.75, 3.05) is 32.3 Å². The number of aromatic nitrogens is 3. The summed E-state index contributed by atoms with van der Waals surface area (Å²) in [4.78, 5) is 13.5. The number of benzene rings is 2. The predicted octanol–water partition coefficient (Wildman–Crippen LogP) is 3.98. The lowest BCUT2D eigenvalue weighted by Gasteiger charge is -2.14. The van der Waals surface area contributed by atoms with Crippen molar-refractivity contribution in [1.29, 1.82) is 0 Å². The highest BCUT2D eigenvalue weighted by Crippen LogP contribution is 2.37. The van der Waals surface area contributed by atoms with E-state index in [1.165, 1.54) is 0 Å². The molecular formula is C28H28N6O3. The van der Waals surface area contributed by atoms with Crippen LogP contribution in [0.1, 0.15) is 5.56 Å². The molecular weight excluding hydrogens is 468 g/mol. The molecule has 0 radical (unpaired) electrons. The zero-order chi connectivity index (χ0) is 25.9. The molecule has 0 saturated heterocycles. The van der Waals surface area contributed by atoms with E-state index in [1.807, 2.05) is 48.5 Å². The minimum Gasteiger partial charge on any atom is -0.493 e. The first kappa shape index (κ1) is 24.1. The number of rotatable bonds is 8. The Balaban J connectivity index is 1.43. The second kappa shape index (κ2) is 10.2. The molecule has 5 rings (SSSR count). The second-order valence-electron chi connectivity index (χ2n) is 8.76. The van der Waals surface area contributed by atoms with E-state index in [0.717, 1.165) is 38.5 Å². The number of fused-ring (bicyclic) bond motifs is 3. The van der Waals surface area contributed by atoms with Gasteiger partial charge in [-0.25, -0.2) is 4.98 Å². The van der Waals surface area contributed by atoms with Gasteiger partial charge in [-0.3, -0.25) is 9.97 Å². The lowest BCUT2D eigenvalue weighted by atomic mass is 10.0. The van der Waals surface area contributed by atoms with Crippen molar-refractivity contribution in [2.24, 2.45) is 5.73 Å². The van der Waals surface area contributed by atoms with Gasteiger partial charge in [0, 0.05) is 46.5 Å². The number of methoxy groups -OCH3 is 2. The van der Waals surface area contributed by atoms with E-state index in [2.05, 4.69) is 15.0 Å². The van der Waals surface area contributed by atoms with Crippen LogP contribution in [0.5, 0.6) is 17.2 Å². The zero-order valence-corrected chi connectivity index (χ0v) is 20.6. The normalized spacial score (nSPS) is 12.0. The van der Waals surface area contributed by atoms with Crippen molar-refractivity contribution >= 4 is 33.2 Å². The quantitative estimate of drug-likeness (QED) is 0.215. The molecule has 9 heteroatoms. The van der Waals surface area contributed by atoms with Crippen LogP contribution in [0.25, 0.3) is 32.9 Å². The van der Waals surface area contributed by atoms with Gasteiger partial charge in [0.2, 0.25) is 0 Å². The Morgan fingerprint density at radius 1 is 0.838 bits per heavy atom. The van der Waals surface area contributed by atoms with Crippen LogP contribution in [-0.2, 0) is 6.42 Å². The number of anilines is 2. The fraction of sp³-hybridized carbons (Fsp3) is 0.179. The summed E-state index contributed by atoms with van der Waals surface area (Å²) in [6.07, 6.45) is 5.77. The van der Waals surface area contributed by atoms with Gasteiger partial charge in [-0.15, -0.1) is 0 Å². The Morgan fingerprint density at radius 3 is 2.35 bits per heavy atom. The summed E-state index contributed by atoms with van der Waals surface area (Å²) in [5, 5.41) is 2.52. The van der Waals surface area contributed by atoms with Crippen LogP contribution < -0.4 is 31.4 Å². The molecule has 0 aliphatic rings. The smallest absolute Gasteiger partial charge is 0.162 e. The third-order valence-electron chi connectivity index (χ3n) is 6.16. The van der Waals surface area contributed by atoms with Gasteiger partial charge < -0.3 is 31.4 Å². The van der Waals surface area contributed by atoms with Crippen LogP contribution in [0.3, 0.4) is 0 Å². The molecule has 6 N–H and O–H groups in total. The van der Waals surface area contributed by atoms with Gasteiger partial charge in [0.05, 0.1) is 31.6 Å². The van der Waals surface area contributed by atoms with E-state index in [4.69, 9.17) is 31.4 Å². The molecule has 5 aromatic rings. The predicted molar refractivity (Wildman–Crippen MR) is 146 cm³/mol. The number of ether oxygens (including phenoxy) is 3. The maximum absolute atomic E-state index is 6.35. The molecule has 0 aliphatic heterocycles. The summed E-state index contributed by atoms with van der Waals surface area (Å²) < 4.78 is 16.9. The molecule has 1 atom stereocenters. The number of hydrogen-bond donors (Lipinski definition) is 3. The maximum atomic E-state index is 6.35. The molecule has 3 aromatic heterocycles. The first-order chi connectivity index (χ1) is 17.9. The van der Waals surface area contributed by atoms with E-state index in [9.17, 15) is 0 Å². The lowest BCUT2D eigenvalue weighted by Crippen LogP contribution is -2.30. The summed E-state index contributed by atoms with van der Waals surface area (Å²) in [5.74, 6) is 2.17. The van der Waals surface area contributed by atoms with Crippen LogP contribution in [0.15, 0.2) is 67.1 Å². The van der Waals surface area contributed by atoms with Gasteiger partial charge in [-0.2, -0.15) is 0 Å². The fourth-order valence-electron chi connectivity index (χ4n) is 4.26. The third-order valence-corrected chi connectivity index (χ3v) is 6.16. The Bertz CT molecular complexity index is 1570. The highest BCUT2D eigenvalue weighted by atomic mass is 16.5. The molecule has 3 heterocycles. The van der Waals surface area contributed by atoms with Crippen molar-refractivity contribution in [3.05, 3.63) is 72.7 Å². The van der Waals surface area contributed by atoms with Crippen molar-refractivity contribution in [3.63, 3.8) is 0 Å². The first-order valence-corrected chi connectivity index (χ1v) is 11.7. The Morgan fingerprint density at radius 2 is 1.59 bits per heavy atom. The van der Waals surface area contributed by atoms with Crippen molar-refractivity contribution in [3.8, 4) is 28.5 Å². The Kier molecular flexibility index (Phi) is 6.61. The molecule has 0 unspecified atom stereocenters. The molecule has 2 aromatic carbocycles.